The van der Waals surface area contributed by atoms with Crippen molar-refractivity contribution in [2.75, 3.05) is 0 Å². The molecule has 0 radical (unpaired) electrons. The summed E-state index contributed by atoms with van der Waals surface area (Å²) >= 11 is 0. The number of benzene rings is 3. The van der Waals surface area contributed by atoms with Crippen molar-refractivity contribution in [3.05, 3.63) is 95.6 Å². The van der Waals surface area contributed by atoms with Crippen LogP contribution in [0.4, 0.5) is 0 Å². The van der Waals surface area contributed by atoms with Gasteiger partial charge < -0.3 is 4.42 Å². The Morgan fingerprint density at radius 2 is 1.60 bits per heavy atom. The summed E-state index contributed by atoms with van der Waals surface area (Å²) in [5.74, 6) is 0.867. The van der Waals surface area contributed by atoms with Crippen LogP contribution < -0.4 is 0 Å². The Morgan fingerprint density at radius 1 is 0.800 bits per heavy atom. The van der Waals surface area contributed by atoms with E-state index in [1.165, 1.54) is 0 Å². The van der Waals surface area contributed by atoms with E-state index in [1.54, 1.807) is 0 Å². The highest BCUT2D eigenvalue weighted by atomic mass is 16.3. The van der Waals surface area contributed by atoms with E-state index in [0.29, 0.717) is 5.56 Å². The fraction of sp³-hybridized carbons (Fsp3) is 0. The van der Waals surface area contributed by atoms with E-state index in [-0.39, 0.29) is 0 Å². The maximum Gasteiger partial charge on any atom is 0.135 e. The first-order valence-electron chi connectivity index (χ1n) is 8.10. The predicted octanol–water partition coefficient (Wildman–Crippen LogP) is 6.14. The van der Waals surface area contributed by atoms with Crippen LogP contribution in [0.2, 0.25) is 0 Å². The smallest absolute Gasteiger partial charge is 0.135 e. The second kappa shape index (κ2) is 6.51. The van der Waals surface area contributed by atoms with E-state index >= 15 is 0 Å². The largest absolute Gasteiger partial charge is 0.456 e. The molecule has 1 heterocycles. The van der Waals surface area contributed by atoms with E-state index in [9.17, 15) is 0 Å². The summed E-state index contributed by atoms with van der Waals surface area (Å²) in [7, 11) is 0. The number of furan rings is 1. The summed E-state index contributed by atoms with van der Waals surface area (Å²) in [6.45, 7) is 0. The maximum absolute atomic E-state index is 9.17. The second-order valence-corrected chi connectivity index (χ2v) is 5.81. The van der Waals surface area contributed by atoms with Crippen molar-refractivity contribution in [1.29, 1.82) is 5.26 Å². The predicted molar refractivity (Wildman–Crippen MR) is 102 cm³/mol. The van der Waals surface area contributed by atoms with Gasteiger partial charge in [0, 0.05) is 10.9 Å². The molecule has 2 heteroatoms. The van der Waals surface area contributed by atoms with E-state index in [4.69, 9.17) is 9.68 Å². The first kappa shape index (κ1) is 15.0. The summed E-state index contributed by atoms with van der Waals surface area (Å²) in [6, 6.07) is 28.0. The van der Waals surface area contributed by atoms with E-state index in [2.05, 4.69) is 24.3 Å². The molecule has 2 nitrogen and oxygen atoms in total. The van der Waals surface area contributed by atoms with Crippen LogP contribution in [-0.4, -0.2) is 0 Å². The van der Waals surface area contributed by atoms with Crippen LogP contribution in [0.1, 0.15) is 16.7 Å². The Morgan fingerprint density at radius 3 is 2.44 bits per heavy atom. The number of nitrogens with zero attached hydrogens (tertiary/aromatic N) is 1. The van der Waals surface area contributed by atoms with Gasteiger partial charge in [-0.3, -0.25) is 0 Å². The zero-order valence-corrected chi connectivity index (χ0v) is 13.5. The van der Waals surface area contributed by atoms with Crippen LogP contribution in [0.3, 0.4) is 0 Å². The van der Waals surface area contributed by atoms with Crippen molar-refractivity contribution < 1.29 is 4.42 Å². The Bertz CT molecular complexity index is 1100. The standard InChI is InChI=1S/C23H15NO/c24-16-21-9-5-4-6-18(21)12-10-17-11-13-20-15-23(25-22(20)14-17)19-7-2-1-3-8-19/h1-15H. The molecule has 0 fully saturated rings. The normalized spacial score (nSPS) is 11.0. The Kier molecular flexibility index (Phi) is 3.90. The lowest BCUT2D eigenvalue weighted by Crippen LogP contribution is -1.80. The molecule has 1 aromatic heterocycles. The summed E-state index contributed by atoms with van der Waals surface area (Å²) in [5, 5.41) is 10.2. The second-order valence-electron chi connectivity index (χ2n) is 5.81. The van der Waals surface area contributed by atoms with Crippen molar-refractivity contribution in [1.82, 2.24) is 0 Å². The Hall–Kier alpha value is -3.57. The van der Waals surface area contributed by atoms with Gasteiger partial charge >= 0.3 is 0 Å². The molecule has 3 aromatic carbocycles. The van der Waals surface area contributed by atoms with Gasteiger partial charge in [-0.05, 0) is 29.3 Å². The molecule has 0 aliphatic carbocycles. The lowest BCUT2D eigenvalue weighted by molar-refractivity contribution is 0.631. The third-order valence-electron chi connectivity index (χ3n) is 4.14. The van der Waals surface area contributed by atoms with E-state index in [0.717, 1.165) is 33.4 Å². The molecule has 0 saturated carbocycles. The lowest BCUT2D eigenvalue weighted by atomic mass is 10.1. The first-order chi connectivity index (χ1) is 12.3. The molecule has 118 valence electrons. The topological polar surface area (TPSA) is 36.9 Å². The van der Waals surface area contributed by atoms with Gasteiger partial charge in [-0.2, -0.15) is 5.26 Å². The number of hydrogen-bond donors (Lipinski definition) is 0. The highest BCUT2D eigenvalue weighted by Gasteiger charge is 2.06. The van der Waals surface area contributed by atoms with E-state index < -0.39 is 0 Å². The van der Waals surface area contributed by atoms with Gasteiger partial charge in [0.25, 0.3) is 0 Å². The zero-order chi connectivity index (χ0) is 17.1. The molecule has 0 aliphatic heterocycles. The fourth-order valence-corrected chi connectivity index (χ4v) is 2.83. The minimum atomic E-state index is 0.671. The summed E-state index contributed by atoms with van der Waals surface area (Å²) in [5.41, 5.74) is 4.54. The first-order valence-corrected chi connectivity index (χ1v) is 8.10. The minimum Gasteiger partial charge on any atom is -0.456 e. The fourth-order valence-electron chi connectivity index (χ4n) is 2.83. The zero-order valence-electron chi connectivity index (χ0n) is 13.5. The summed E-state index contributed by atoms with van der Waals surface area (Å²) in [6.07, 6.45) is 3.96. The van der Waals surface area contributed by atoms with Crippen molar-refractivity contribution >= 4 is 23.1 Å². The molecule has 0 saturated heterocycles. The molecule has 0 N–H and O–H groups in total. The van der Waals surface area contributed by atoms with Crippen LogP contribution in [0.25, 0.3) is 34.4 Å². The molecule has 25 heavy (non-hydrogen) atoms. The van der Waals surface area contributed by atoms with Gasteiger partial charge in [0.05, 0.1) is 11.6 Å². The summed E-state index contributed by atoms with van der Waals surface area (Å²) in [4.78, 5) is 0. The van der Waals surface area contributed by atoms with Crippen LogP contribution >= 0.6 is 0 Å². The van der Waals surface area contributed by atoms with Gasteiger partial charge in [-0.1, -0.05) is 72.8 Å². The van der Waals surface area contributed by atoms with Crippen molar-refractivity contribution in [3.8, 4) is 17.4 Å². The third kappa shape index (κ3) is 3.08. The van der Waals surface area contributed by atoms with E-state index in [1.807, 2.05) is 72.8 Å². The molecular formula is C23H15NO. The van der Waals surface area contributed by atoms with Gasteiger partial charge in [0.15, 0.2) is 0 Å². The van der Waals surface area contributed by atoms with Crippen molar-refractivity contribution in [3.63, 3.8) is 0 Å². The summed E-state index contributed by atoms with van der Waals surface area (Å²) < 4.78 is 6.01. The molecule has 4 rings (SSSR count). The quantitative estimate of drug-likeness (QED) is 0.425. The molecule has 0 atom stereocenters. The SMILES string of the molecule is N#Cc1ccccc1C=Cc1ccc2cc(-c3ccccc3)oc2c1. The number of hydrogen-bond acceptors (Lipinski definition) is 2. The van der Waals surface area contributed by atoms with Crippen LogP contribution in [-0.2, 0) is 0 Å². The molecule has 0 unspecified atom stereocenters. The average molecular weight is 321 g/mol. The van der Waals surface area contributed by atoms with Crippen LogP contribution in [0.5, 0.6) is 0 Å². The van der Waals surface area contributed by atoms with Crippen molar-refractivity contribution in [2.24, 2.45) is 0 Å². The molecule has 0 spiro atoms. The molecular weight excluding hydrogens is 306 g/mol. The molecule has 0 bridgehead atoms. The molecule has 0 amide bonds. The van der Waals surface area contributed by atoms with Crippen LogP contribution in [0, 0.1) is 11.3 Å². The highest BCUT2D eigenvalue weighted by Crippen LogP contribution is 2.28. The maximum atomic E-state index is 9.17. The number of fused-ring (bicyclic) bond motifs is 1. The van der Waals surface area contributed by atoms with Gasteiger partial charge in [0.2, 0.25) is 0 Å². The number of nitriles is 1. The minimum absolute atomic E-state index is 0.671. The van der Waals surface area contributed by atoms with Crippen LogP contribution in [0.15, 0.2) is 83.3 Å². The van der Waals surface area contributed by atoms with Gasteiger partial charge in [-0.15, -0.1) is 0 Å². The highest BCUT2D eigenvalue weighted by molar-refractivity contribution is 5.86. The van der Waals surface area contributed by atoms with Crippen molar-refractivity contribution in [2.45, 2.75) is 0 Å². The van der Waals surface area contributed by atoms with Gasteiger partial charge in [-0.25, -0.2) is 0 Å². The molecule has 0 aliphatic rings. The third-order valence-corrected chi connectivity index (χ3v) is 4.14. The number of rotatable bonds is 3. The Balaban J connectivity index is 1.68. The lowest BCUT2D eigenvalue weighted by Gasteiger charge is -1.97. The van der Waals surface area contributed by atoms with Gasteiger partial charge in [0.1, 0.15) is 11.3 Å². The monoisotopic (exact) mass is 321 g/mol. The molecule has 4 aromatic rings. The average Bonchev–Trinajstić information content (AvgIpc) is 3.10. The Labute approximate surface area is 146 Å².